The maximum atomic E-state index is 11.9. The van der Waals surface area contributed by atoms with Gasteiger partial charge in [-0.15, -0.1) is 0 Å². The summed E-state index contributed by atoms with van der Waals surface area (Å²) in [6, 6.07) is 14.3. The number of amides is 2. The quantitative estimate of drug-likeness (QED) is 0.710. The summed E-state index contributed by atoms with van der Waals surface area (Å²) in [6.45, 7) is 4.96. The number of urea groups is 1. The van der Waals surface area contributed by atoms with Gasteiger partial charge in [0.15, 0.2) is 0 Å². The highest BCUT2D eigenvalue weighted by atomic mass is 16.5. The summed E-state index contributed by atoms with van der Waals surface area (Å²) in [5.74, 6) is 1.58. The van der Waals surface area contributed by atoms with Crippen molar-refractivity contribution in [2.45, 2.75) is 45.0 Å². The molecule has 2 atom stereocenters. The maximum Gasteiger partial charge on any atom is 0.317 e. The van der Waals surface area contributed by atoms with Crippen molar-refractivity contribution < 1.29 is 14.6 Å². The number of ether oxygens (including phenoxy) is 1. The predicted octanol–water partition coefficient (Wildman–Crippen LogP) is 3.86. The molecule has 2 aromatic rings. The Bertz CT molecular complexity index is 909. The molecule has 0 radical (unpaired) electrons. The van der Waals surface area contributed by atoms with Gasteiger partial charge in [-0.1, -0.05) is 30.3 Å². The molecule has 31 heavy (non-hydrogen) atoms. The molecule has 4 rings (SSSR count). The van der Waals surface area contributed by atoms with Gasteiger partial charge in [-0.2, -0.15) is 0 Å². The molecule has 1 saturated carbocycles. The van der Waals surface area contributed by atoms with Crippen molar-refractivity contribution in [3.63, 3.8) is 0 Å². The lowest BCUT2D eigenvalue weighted by Gasteiger charge is -2.32. The molecule has 0 saturated heterocycles. The monoisotopic (exact) mass is 423 g/mol. The number of β-amino-alcohol motifs (C(OH)–C–C–N with tert-alkyl or cyclic N) is 1. The van der Waals surface area contributed by atoms with Gasteiger partial charge in [-0.3, -0.25) is 4.90 Å². The Kier molecular flexibility index (Phi) is 6.49. The van der Waals surface area contributed by atoms with Crippen molar-refractivity contribution in [2.24, 2.45) is 5.92 Å². The number of aliphatic hydroxyl groups excluding tert-OH is 1. The number of nitrogens with one attached hydrogen (secondary N) is 1. The van der Waals surface area contributed by atoms with Crippen molar-refractivity contribution in [1.29, 1.82) is 0 Å². The molecule has 2 amide bonds. The molecule has 0 bridgehead atoms. The highest BCUT2D eigenvalue weighted by Gasteiger charge is 2.25. The van der Waals surface area contributed by atoms with E-state index >= 15 is 0 Å². The standard InChI is InChI=1S/C25H33N3O3/c1-17(26-25(30)27(2)3)20-8-6-18(7-9-20)13-28-14-21-10-11-22(31-16-19-4-5-19)12-23(21)24(29)15-28/h6-12,17,19,24,29H,4-5,13-16H2,1-3H3,(H,26,30)/t17-,24?/m0/s1. The van der Waals surface area contributed by atoms with Gasteiger partial charge in [0, 0.05) is 33.7 Å². The lowest BCUT2D eigenvalue weighted by molar-refractivity contribution is 0.0878. The van der Waals surface area contributed by atoms with E-state index in [9.17, 15) is 9.90 Å². The van der Waals surface area contributed by atoms with Crippen LogP contribution >= 0.6 is 0 Å². The Morgan fingerprint density at radius 2 is 1.97 bits per heavy atom. The molecule has 1 aliphatic carbocycles. The summed E-state index contributed by atoms with van der Waals surface area (Å²) < 4.78 is 5.88. The molecular formula is C25H33N3O3. The third-order valence-electron chi connectivity index (χ3n) is 6.12. The lowest BCUT2D eigenvalue weighted by atomic mass is 9.96. The minimum absolute atomic E-state index is 0.0519. The zero-order valence-corrected chi connectivity index (χ0v) is 18.7. The average molecular weight is 424 g/mol. The normalized spacial score (nSPS) is 19.4. The number of carbonyl (C=O) groups is 1. The van der Waals surface area contributed by atoms with E-state index in [1.54, 1.807) is 14.1 Å². The van der Waals surface area contributed by atoms with Crippen LogP contribution in [0.4, 0.5) is 4.79 Å². The van der Waals surface area contributed by atoms with Crippen LogP contribution < -0.4 is 10.1 Å². The van der Waals surface area contributed by atoms with Gasteiger partial charge >= 0.3 is 6.03 Å². The largest absolute Gasteiger partial charge is 0.493 e. The first-order valence-corrected chi connectivity index (χ1v) is 11.1. The van der Waals surface area contributed by atoms with E-state index in [4.69, 9.17) is 4.74 Å². The summed E-state index contributed by atoms with van der Waals surface area (Å²) in [5.41, 5.74) is 4.41. The summed E-state index contributed by atoms with van der Waals surface area (Å²) in [4.78, 5) is 15.7. The third kappa shape index (κ3) is 5.57. The van der Waals surface area contributed by atoms with E-state index in [0.29, 0.717) is 6.54 Å². The summed E-state index contributed by atoms with van der Waals surface area (Å²) in [5, 5.41) is 13.7. The number of hydrogen-bond donors (Lipinski definition) is 2. The van der Waals surface area contributed by atoms with Crippen LogP contribution in [0, 0.1) is 5.92 Å². The second-order valence-corrected chi connectivity index (χ2v) is 9.11. The number of carbonyl (C=O) groups excluding carboxylic acids is 1. The number of benzene rings is 2. The fourth-order valence-electron chi connectivity index (χ4n) is 3.95. The second-order valence-electron chi connectivity index (χ2n) is 9.11. The Morgan fingerprint density at radius 3 is 2.65 bits per heavy atom. The molecular weight excluding hydrogens is 390 g/mol. The van der Waals surface area contributed by atoms with E-state index < -0.39 is 6.10 Å². The number of hydrogen-bond acceptors (Lipinski definition) is 4. The van der Waals surface area contributed by atoms with Crippen LogP contribution in [0.5, 0.6) is 5.75 Å². The van der Waals surface area contributed by atoms with Crippen LogP contribution in [0.25, 0.3) is 0 Å². The summed E-state index contributed by atoms with van der Waals surface area (Å²) in [6.07, 6.45) is 2.04. The van der Waals surface area contributed by atoms with E-state index in [0.717, 1.165) is 48.1 Å². The van der Waals surface area contributed by atoms with Crippen LogP contribution in [0.3, 0.4) is 0 Å². The molecule has 2 aliphatic rings. The maximum absolute atomic E-state index is 11.9. The molecule has 6 heteroatoms. The molecule has 0 aromatic heterocycles. The van der Waals surface area contributed by atoms with Crippen LogP contribution in [0.1, 0.15) is 54.2 Å². The van der Waals surface area contributed by atoms with Crippen molar-refractivity contribution in [2.75, 3.05) is 27.2 Å². The van der Waals surface area contributed by atoms with Gasteiger partial charge in [-0.25, -0.2) is 4.79 Å². The van der Waals surface area contributed by atoms with Crippen molar-refractivity contribution in [3.8, 4) is 5.75 Å². The molecule has 1 fully saturated rings. The van der Waals surface area contributed by atoms with Crippen molar-refractivity contribution in [1.82, 2.24) is 15.1 Å². The van der Waals surface area contributed by atoms with Crippen LogP contribution in [-0.4, -0.2) is 48.2 Å². The topological polar surface area (TPSA) is 65.0 Å². The van der Waals surface area contributed by atoms with Crippen molar-refractivity contribution >= 4 is 6.03 Å². The van der Waals surface area contributed by atoms with Crippen molar-refractivity contribution in [3.05, 3.63) is 64.7 Å². The highest BCUT2D eigenvalue weighted by molar-refractivity contribution is 5.74. The first-order chi connectivity index (χ1) is 14.9. The van der Waals surface area contributed by atoms with E-state index in [1.165, 1.54) is 23.3 Å². The second kappa shape index (κ2) is 9.28. The third-order valence-corrected chi connectivity index (χ3v) is 6.12. The van der Waals surface area contributed by atoms with Gasteiger partial charge in [0.25, 0.3) is 0 Å². The number of aliphatic hydroxyl groups is 1. The van der Waals surface area contributed by atoms with Gasteiger partial charge < -0.3 is 20.1 Å². The molecule has 1 unspecified atom stereocenters. The summed E-state index contributed by atoms with van der Waals surface area (Å²) >= 11 is 0. The first-order valence-electron chi connectivity index (χ1n) is 11.1. The van der Waals surface area contributed by atoms with Crippen LogP contribution in [0.2, 0.25) is 0 Å². The average Bonchev–Trinajstić information content (AvgIpc) is 3.57. The minimum Gasteiger partial charge on any atom is -0.493 e. The Morgan fingerprint density at radius 1 is 1.23 bits per heavy atom. The molecule has 0 spiro atoms. The Labute approximate surface area is 184 Å². The Hall–Kier alpha value is -2.57. The van der Waals surface area contributed by atoms with Gasteiger partial charge in [-0.05, 0) is 60.1 Å². The zero-order chi connectivity index (χ0) is 22.0. The fourth-order valence-corrected chi connectivity index (χ4v) is 3.95. The fraction of sp³-hybridized carbons (Fsp3) is 0.480. The van der Waals surface area contributed by atoms with Gasteiger partial charge in [0.2, 0.25) is 0 Å². The van der Waals surface area contributed by atoms with Crippen LogP contribution in [-0.2, 0) is 13.1 Å². The molecule has 166 valence electrons. The SMILES string of the molecule is C[C@H](NC(=O)N(C)C)c1ccc(CN2Cc3ccc(OCC4CC4)cc3C(O)C2)cc1. The number of nitrogens with zero attached hydrogens (tertiary/aromatic N) is 2. The van der Waals surface area contributed by atoms with Gasteiger partial charge in [0.05, 0.1) is 18.8 Å². The molecule has 1 aliphatic heterocycles. The lowest BCUT2D eigenvalue weighted by Crippen LogP contribution is -2.36. The minimum atomic E-state index is -0.506. The molecule has 2 N–H and O–H groups in total. The van der Waals surface area contributed by atoms with E-state index in [1.807, 2.05) is 19.1 Å². The first kappa shape index (κ1) is 21.7. The Balaban J connectivity index is 1.35. The zero-order valence-electron chi connectivity index (χ0n) is 18.7. The molecule has 6 nitrogen and oxygen atoms in total. The highest BCUT2D eigenvalue weighted by Crippen LogP contribution is 2.33. The molecule has 1 heterocycles. The summed E-state index contributed by atoms with van der Waals surface area (Å²) in [7, 11) is 3.47. The van der Waals surface area contributed by atoms with Crippen LogP contribution in [0.15, 0.2) is 42.5 Å². The number of rotatable bonds is 7. The van der Waals surface area contributed by atoms with Gasteiger partial charge in [0.1, 0.15) is 5.75 Å². The predicted molar refractivity (Wildman–Crippen MR) is 121 cm³/mol. The molecule has 2 aromatic carbocycles. The van der Waals surface area contributed by atoms with E-state index in [-0.39, 0.29) is 12.1 Å². The number of fused-ring (bicyclic) bond motifs is 1. The smallest absolute Gasteiger partial charge is 0.317 e. The van der Waals surface area contributed by atoms with E-state index in [2.05, 4.69) is 40.5 Å².